The number of hydrogen-bond donors (Lipinski definition) is 1. The molecule has 1 aromatic carbocycles. The van der Waals surface area contributed by atoms with Gasteiger partial charge in [0.15, 0.2) is 5.75 Å². The predicted molar refractivity (Wildman–Crippen MR) is 69.0 cm³/mol. The molecule has 1 aliphatic rings. The molecule has 96 valence electrons. The quantitative estimate of drug-likeness (QED) is 0.499. The van der Waals surface area contributed by atoms with Gasteiger partial charge in [0.1, 0.15) is 0 Å². The number of carbonyl (C=O) groups is 2. The van der Waals surface area contributed by atoms with Crippen molar-refractivity contribution in [2.45, 2.75) is 6.42 Å². The number of ketones is 1. The highest BCUT2D eigenvalue weighted by molar-refractivity contribution is 6.08. The molecule has 0 aliphatic carbocycles. The van der Waals surface area contributed by atoms with Crippen LogP contribution in [-0.2, 0) is 18.3 Å². The third-order valence-corrected chi connectivity index (χ3v) is 3.26. The Morgan fingerprint density at radius 1 is 1.32 bits per heavy atom. The van der Waals surface area contributed by atoms with Gasteiger partial charge < -0.3 is 15.0 Å². The average Bonchev–Trinajstić information content (AvgIpc) is 2.88. The number of benzene rings is 1. The molecule has 0 radical (unpaired) electrons. The van der Waals surface area contributed by atoms with E-state index in [1.165, 1.54) is 0 Å². The van der Waals surface area contributed by atoms with Crippen LogP contribution in [0, 0.1) is 0 Å². The Kier molecular flexibility index (Phi) is 2.41. The monoisotopic (exact) mass is 256 g/mol. The first-order valence-electron chi connectivity index (χ1n) is 5.86. The number of nitrogens with zero attached hydrogens (tertiary/aromatic N) is 1. The van der Waals surface area contributed by atoms with Crippen molar-refractivity contribution >= 4 is 17.4 Å². The first kappa shape index (κ1) is 11.5. The van der Waals surface area contributed by atoms with Gasteiger partial charge in [-0.25, -0.2) is 0 Å². The first-order valence-corrected chi connectivity index (χ1v) is 5.86. The number of rotatable bonds is 2. The van der Waals surface area contributed by atoms with Gasteiger partial charge >= 0.3 is 5.97 Å². The number of esters is 1. The smallest absolute Gasteiger partial charge is 0.317 e. The molecule has 5 heteroatoms. The van der Waals surface area contributed by atoms with Gasteiger partial charge in [-0.3, -0.25) is 9.59 Å². The van der Waals surface area contributed by atoms with E-state index in [0.717, 1.165) is 5.69 Å². The Balaban J connectivity index is 2.00. The molecule has 0 unspecified atom stereocenters. The van der Waals surface area contributed by atoms with E-state index in [0.29, 0.717) is 22.7 Å². The fourth-order valence-corrected chi connectivity index (χ4v) is 2.20. The summed E-state index contributed by atoms with van der Waals surface area (Å²) in [6.07, 6.45) is 0.209. The molecular weight excluding hydrogens is 244 g/mol. The van der Waals surface area contributed by atoms with Crippen molar-refractivity contribution in [1.82, 2.24) is 4.57 Å². The van der Waals surface area contributed by atoms with Crippen LogP contribution in [0.5, 0.6) is 5.75 Å². The molecule has 5 nitrogen and oxygen atoms in total. The zero-order valence-corrected chi connectivity index (χ0v) is 10.3. The Morgan fingerprint density at radius 3 is 2.63 bits per heavy atom. The number of fused-ring (bicyclic) bond motifs is 1. The molecular formula is C14H12N2O3. The van der Waals surface area contributed by atoms with E-state index < -0.39 is 0 Å². The van der Waals surface area contributed by atoms with E-state index >= 15 is 0 Å². The fraction of sp³-hybridized carbons (Fsp3) is 0.143. The maximum absolute atomic E-state index is 12.4. The molecule has 0 atom stereocenters. The van der Waals surface area contributed by atoms with E-state index in [1.807, 2.05) is 0 Å². The minimum absolute atomic E-state index is 0.118. The number of aromatic nitrogens is 1. The zero-order valence-electron chi connectivity index (χ0n) is 10.3. The third-order valence-electron chi connectivity index (χ3n) is 3.26. The Labute approximate surface area is 109 Å². The van der Waals surface area contributed by atoms with Gasteiger partial charge in [-0.15, -0.1) is 0 Å². The van der Waals surface area contributed by atoms with Crippen molar-refractivity contribution in [3.63, 3.8) is 0 Å². The standard InChI is InChI=1S/C14H12N2O3/c1-16-10-7-13(17)19-12(10)6-11(16)14(18)8-2-4-9(15)5-3-8/h2-6H,7,15H2,1H3. The number of nitrogen functional groups attached to an aromatic ring is 1. The maximum atomic E-state index is 12.4. The predicted octanol–water partition coefficient (Wildman–Crippen LogP) is 1.30. The van der Waals surface area contributed by atoms with Crippen LogP contribution >= 0.6 is 0 Å². The molecule has 0 spiro atoms. The SMILES string of the molecule is Cn1c(C(=O)c2ccc(N)cc2)cc2c1CC(=O)O2. The minimum atomic E-state index is -0.285. The van der Waals surface area contributed by atoms with Crippen LogP contribution < -0.4 is 10.5 Å². The Morgan fingerprint density at radius 2 is 2.00 bits per heavy atom. The van der Waals surface area contributed by atoms with Crippen LogP contribution in [-0.4, -0.2) is 16.3 Å². The summed E-state index contributed by atoms with van der Waals surface area (Å²) >= 11 is 0. The zero-order chi connectivity index (χ0) is 13.6. The van der Waals surface area contributed by atoms with Gasteiger partial charge in [-0.2, -0.15) is 0 Å². The van der Waals surface area contributed by atoms with E-state index in [9.17, 15) is 9.59 Å². The van der Waals surface area contributed by atoms with Gasteiger partial charge in [0.05, 0.1) is 17.8 Å². The number of nitrogens with two attached hydrogens (primary N) is 1. The highest BCUT2D eigenvalue weighted by Crippen LogP contribution is 2.30. The number of anilines is 1. The summed E-state index contributed by atoms with van der Waals surface area (Å²) in [7, 11) is 1.76. The van der Waals surface area contributed by atoms with Crippen molar-refractivity contribution in [3.8, 4) is 5.75 Å². The van der Waals surface area contributed by atoms with E-state index in [-0.39, 0.29) is 18.2 Å². The van der Waals surface area contributed by atoms with E-state index in [1.54, 1.807) is 41.9 Å². The normalized spacial score (nSPS) is 13.2. The molecule has 0 saturated heterocycles. The van der Waals surface area contributed by atoms with Gasteiger partial charge in [0.2, 0.25) is 5.78 Å². The van der Waals surface area contributed by atoms with Crippen molar-refractivity contribution in [1.29, 1.82) is 0 Å². The van der Waals surface area contributed by atoms with Crippen molar-refractivity contribution in [2.24, 2.45) is 7.05 Å². The maximum Gasteiger partial charge on any atom is 0.317 e. The van der Waals surface area contributed by atoms with Crippen molar-refractivity contribution in [3.05, 3.63) is 47.3 Å². The number of hydrogen-bond acceptors (Lipinski definition) is 4. The molecule has 1 aliphatic heterocycles. The highest BCUT2D eigenvalue weighted by Gasteiger charge is 2.28. The lowest BCUT2D eigenvalue weighted by Gasteiger charge is -2.05. The molecule has 0 bridgehead atoms. The van der Waals surface area contributed by atoms with Gasteiger partial charge in [-0.1, -0.05) is 0 Å². The summed E-state index contributed by atoms with van der Waals surface area (Å²) in [6.45, 7) is 0. The first-order chi connectivity index (χ1) is 9.06. The van der Waals surface area contributed by atoms with Crippen LogP contribution in [0.3, 0.4) is 0 Å². The van der Waals surface area contributed by atoms with Gasteiger partial charge in [0.25, 0.3) is 0 Å². The molecule has 2 heterocycles. The van der Waals surface area contributed by atoms with Crippen LogP contribution in [0.1, 0.15) is 21.7 Å². The lowest BCUT2D eigenvalue weighted by Crippen LogP contribution is -2.11. The van der Waals surface area contributed by atoms with Crippen LogP contribution in [0.2, 0.25) is 0 Å². The van der Waals surface area contributed by atoms with E-state index in [4.69, 9.17) is 10.5 Å². The lowest BCUT2D eigenvalue weighted by molar-refractivity contribution is -0.131. The summed E-state index contributed by atoms with van der Waals surface area (Å²) < 4.78 is 6.75. The van der Waals surface area contributed by atoms with Crippen LogP contribution in [0.25, 0.3) is 0 Å². The van der Waals surface area contributed by atoms with E-state index in [2.05, 4.69) is 0 Å². The van der Waals surface area contributed by atoms with Crippen LogP contribution in [0.15, 0.2) is 30.3 Å². The molecule has 0 fully saturated rings. The summed E-state index contributed by atoms with van der Waals surface area (Å²) in [6, 6.07) is 8.34. The molecule has 1 aromatic heterocycles. The Bertz CT molecular complexity index is 683. The van der Waals surface area contributed by atoms with Gasteiger partial charge in [-0.05, 0) is 24.3 Å². The summed E-state index contributed by atoms with van der Waals surface area (Å²) in [5, 5.41) is 0. The molecule has 0 saturated carbocycles. The fourth-order valence-electron chi connectivity index (χ4n) is 2.20. The number of carbonyl (C=O) groups excluding carboxylic acids is 2. The second-order valence-corrected chi connectivity index (χ2v) is 4.50. The third kappa shape index (κ3) is 1.79. The second-order valence-electron chi connectivity index (χ2n) is 4.50. The molecule has 19 heavy (non-hydrogen) atoms. The largest absolute Gasteiger partial charge is 0.424 e. The average molecular weight is 256 g/mol. The molecule has 3 rings (SSSR count). The van der Waals surface area contributed by atoms with Crippen molar-refractivity contribution in [2.75, 3.05) is 5.73 Å². The topological polar surface area (TPSA) is 74.3 Å². The molecule has 0 amide bonds. The molecule has 2 aromatic rings. The minimum Gasteiger partial charge on any atom is -0.424 e. The Hall–Kier alpha value is -2.56. The lowest BCUT2D eigenvalue weighted by atomic mass is 10.1. The van der Waals surface area contributed by atoms with Gasteiger partial charge in [0, 0.05) is 24.4 Å². The summed E-state index contributed by atoms with van der Waals surface area (Å²) in [5.74, 6) is 0.0753. The highest BCUT2D eigenvalue weighted by atomic mass is 16.5. The molecule has 2 N–H and O–H groups in total. The number of ether oxygens (including phenoxy) is 1. The second kappa shape index (κ2) is 3.98. The van der Waals surface area contributed by atoms with Crippen LogP contribution in [0.4, 0.5) is 5.69 Å². The van der Waals surface area contributed by atoms with Crippen molar-refractivity contribution < 1.29 is 14.3 Å². The summed E-state index contributed by atoms with van der Waals surface area (Å²) in [4.78, 5) is 23.5. The summed E-state index contributed by atoms with van der Waals surface area (Å²) in [5.41, 5.74) is 8.00.